The van der Waals surface area contributed by atoms with Crippen LogP contribution in [0.1, 0.15) is 26.7 Å². The van der Waals surface area contributed by atoms with Gasteiger partial charge in [-0.15, -0.1) is 0 Å². The molecule has 1 aliphatic carbocycles. The van der Waals surface area contributed by atoms with Crippen LogP contribution in [-0.4, -0.2) is 66.0 Å². The minimum atomic E-state index is -1.23. The highest BCUT2D eigenvalue weighted by atomic mass is 16.6. The second-order valence-electron chi connectivity index (χ2n) is 9.69. The Morgan fingerprint density at radius 1 is 1.18 bits per heavy atom. The van der Waals surface area contributed by atoms with E-state index in [9.17, 15) is 10.2 Å². The van der Waals surface area contributed by atoms with Crippen LogP contribution < -0.4 is 10.2 Å². The monoisotopic (exact) mass is 467 g/mol. The van der Waals surface area contributed by atoms with Crippen LogP contribution in [0.25, 0.3) is 22.4 Å². The third-order valence-electron chi connectivity index (χ3n) is 6.58. The van der Waals surface area contributed by atoms with Gasteiger partial charge >= 0.3 is 0 Å². The fraction of sp³-hybridized carbons (Fsp3) is 0.500. The van der Waals surface area contributed by atoms with Crippen LogP contribution in [0, 0.1) is 5.92 Å². The lowest BCUT2D eigenvalue weighted by molar-refractivity contribution is -0.214. The molecule has 1 saturated heterocycles. The summed E-state index contributed by atoms with van der Waals surface area (Å²) in [6.45, 7) is 6.51. The van der Waals surface area contributed by atoms with Crippen molar-refractivity contribution in [2.45, 2.75) is 44.6 Å². The Balaban J connectivity index is 1.36. The quantitative estimate of drug-likeness (QED) is 0.453. The van der Waals surface area contributed by atoms with Gasteiger partial charge in [-0.05, 0) is 44.9 Å². The molecule has 2 fully saturated rings. The van der Waals surface area contributed by atoms with Gasteiger partial charge in [0.25, 0.3) is 0 Å². The second-order valence-corrected chi connectivity index (χ2v) is 9.69. The predicted molar refractivity (Wildman–Crippen MR) is 131 cm³/mol. The van der Waals surface area contributed by atoms with Crippen molar-refractivity contribution >= 4 is 22.5 Å². The van der Waals surface area contributed by atoms with E-state index in [0.717, 1.165) is 60.9 Å². The van der Waals surface area contributed by atoms with E-state index in [1.54, 1.807) is 20.0 Å². The molecule has 182 valence electrons. The van der Waals surface area contributed by atoms with Crippen molar-refractivity contribution in [2.75, 3.05) is 43.1 Å². The molecule has 3 heterocycles. The molecule has 1 saturated carbocycles. The first-order valence-electron chi connectivity index (χ1n) is 12.0. The molecular formula is C26H33N3O5. The summed E-state index contributed by atoms with van der Waals surface area (Å²) < 4.78 is 17.6. The number of aliphatic hydroxyl groups excluding tert-OH is 1. The Labute approximate surface area is 199 Å². The highest BCUT2D eigenvalue weighted by molar-refractivity contribution is 5.89. The molecule has 0 amide bonds. The molecular weight excluding hydrogens is 434 g/mol. The lowest BCUT2D eigenvalue weighted by Crippen LogP contribution is -2.36. The van der Waals surface area contributed by atoms with E-state index < -0.39 is 5.79 Å². The van der Waals surface area contributed by atoms with Gasteiger partial charge in [0.05, 0.1) is 25.0 Å². The van der Waals surface area contributed by atoms with E-state index in [-0.39, 0.29) is 24.7 Å². The van der Waals surface area contributed by atoms with Crippen LogP contribution in [0.15, 0.2) is 47.0 Å². The molecule has 0 radical (unpaired) electrons. The molecule has 3 N–H and O–H groups in total. The number of nitrogens with zero attached hydrogens (tertiary/aromatic N) is 2. The summed E-state index contributed by atoms with van der Waals surface area (Å²) in [6, 6.07) is 12.4. The summed E-state index contributed by atoms with van der Waals surface area (Å²) in [5, 5.41) is 23.4. The first kappa shape index (κ1) is 23.1. The van der Waals surface area contributed by atoms with E-state index in [2.05, 4.69) is 39.5 Å². The Morgan fingerprint density at radius 2 is 2.00 bits per heavy atom. The van der Waals surface area contributed by atoms with Crippen LogP contribution in [0.5, 0.6) is 0 Å². The average Bonchev–Trinajstić information content (AvgIpc) is 3.43. The van der Waals surface area contributed by atoms with Gasteiger partial charge in [-0.2, -0.15) is 0 Å². The number of hydrogen-bond donors (Lipinski definition) is 3. The van der Waals surface area contributed by atoms with Crippen molar-refractivity contribution < 1.29 is 24.1 Å². The third kappa shape index (κ3) is 5.05. The lowest BCUT2D eigenvalue weighted by atomic mass is 10.1. The highest BCUT2D eigenvalue weighted by Gasteiger charge is 2.37. The van der Waals surface area contributed by atoms with Crippen molar-refractivity contribution in [3.05, 3.63) is 42.6 Å². The molecule has 5 rings (SSSR count). The van der Waals surface area contributed by atoms with E-state index in [0.29, 0.717) is 12.0 Å². The van der Waals surface area contributed by atoms with E-state index in [1.807, 2.05) is 12.1 Å². The number of rotatable bonds is 7. The number of pyridine rings is 1. The van der Waals surface area contributed by atoms with Crippen LogP contribution in [0.2, 0.25) is 0 Å². The summed E-state index contributed by atoms with van der Waals surface area (Å²) in [6.07, 6.45) is 3.00. The molecule has 2 aliphatic rings. The third-order valence-corrected chi connectivity index (χ3v) is 6.58. The van der Waals surface area contributed by atoms with Gasteiger partial charge in [0, 0.05) is 55.2 Å². The summed E-state index contributed by atoms with van der Waals surface area (Å²) >= 11 is 0. The maximum Gasteiger partial charge on any atom is 0.176 e. The second kappa shape index (κ2) is 9.54. The van der Waals surface area contributed by atoms with Crippen molar-refractivity contribution in [3.8, 4) is 11.3 Å². The standard InChI is InChI=1S/C26H33N3O5/c1-26(2,31)34-24-14-19(12-18(24)16-30)28-21-6-7-27-22-15-23(33-25(21)22)17-4-3-5-20(13-17)29-8-10-32-11-9-29/h3-7,13,15,18-19,24,30-31H,8-12,14,16H2,1-2H3,(H,27,28)/t18-,19-,24?/m1/s1. The minimum Gasteiger partial charge on any atom is -0.452 e. The van der Waals surface area contributed by atoms with E-state index in [1.165, 1.54) is 0 Å². The Bertz CT molecular complexity index is 1120. The summed E-state index contributed by atoms with van der Waals surface area (Å²) in [5.41, 5.74) is 4.53. The molecule has 0 bridgehead atoms. The topological polar surface area (TPSA) is 100 Å². The molecule has 1 unspecified atom stereocenters. The van der Waals surface area contributed by atoms with Gasteiger partial charge in [-0.3, -0.25) is 4.98 Å². The maximum atomic E-state index is 10.1. The lowest BCUT2D eigenvalue weighted by Gasteiger charge is -2.29. The number of fused-ring (bicyclic) bond motifs is 1. The number of anilines is 2. The number of hydrogen-bond acceptors (Lipinski definition) is 8. The molecule has 2 aromatic heterocycles. The molecule has 1 aromatic carbocycles. The Kier molecular flexibility index (Phi) is 6.48. The summed E-state index contributed by atoms with van der Waals surface area (Å²) in [4.78, 5) is 6.84. The minimum absolute atomic E-state index is 0.0229. The van der Waals surface area contributed by atoms with Crippen LogP contribution in [0.3, 0.4) is 0 Å². The molecule has 3 aromatic rings. The number of aromatic nitrogens is 1. The van der Waals surface area contributed by atoms with E-state index >= 15 is 0 Å². The number of benzene rings is 1. The van der Waals surface area contributed by atoms with Crippen molar-refractivity contribution in [1.29, 1.82) is 0 Å². The maximum absolute atomic E-state index is 10.1. The van der Waals surface area contributed by atoms with E-state index in [4.69, 9.17) is 13.9 Å². The largest absolute Gasteiger partial charge is 0.452 e. The average molecular weight is 468 g/mol. The molecule has 1 aliphatic heterocycles. The highest BCUT2D eigenvalue weighted by Crippen LogP contribution is 2.36. The fourth-order valence-electron chi connectivity index (χ4n) is 5.00. The Morgan fingerprint density at radius 3 is 2.76 bits per heavy atom. The van der Waals surface area contributed by atoms with Gasteiger partial charge in [-0.1, -0.05) is 12.1 Å². The van der Waals surface area contributed by atoms with Gasteiger partial charge in [0.1, 0.15) is 11.3 Å². The Hall–Kier alpha value is -2.65. The zero-order chi connectivity index (χ0) is 23.7. The predicted octanol–water partition coefficient (Wildman–Crippen LogP) is 3.63. The van der Waals surface area contributed by atoms with Crippen molar-refractivity contribution in [2.24, 2.45) is 5.92 Å². The molecule has 0 spiro atoms. The van der Waals surface area contributed by atoms with Gasteiger partial charge in [0.2, 0.25) is 0 Å². The smallest absolute Gasteiger partial charge is 0.176 e. The number of morpholine rings is 1. The van der Waals surface area contributed by atoms with Crippen molar-refractivity contribution in [1.82, 2.24) is 4.98 Å². The molecule has 3 atom stereocenters. The van der Waals surface area contributed by atoms with Crippen LogP contribution in [-0.2, 0) is 9.47 Å². The first-order chi connectivity index (χ1) is 16.4. The SMILES string of the molecule is CC(C)(O)OC1C[C@H](Nc2ccnc3cc(-c4cccc(N5CCOCC5)c4)oc23)C[C@@H]1CO. The first-order valence-corrected chi connectivity index (χ1v) is 12.0. The number of nitrogens with one attached hydrogen (secondary N) is 1. The van der Waals surface area contributed by atoms with Gasteiger partial charge in [-0.25, -0.2) is 0 Å². The zero-order valence-electron chi connectivity index (χ0n) is 19.7. The molecule has 34 heavy (non-hydrogen) atoms. The zero-order valence-corrected chi connectivity index (χ0v) is 19.7. The van der Waals surface area contributed by atoms with Crippen molar-refractivity contribution in [3.63, 3.8) is 0 Å². The molecule has 8 heteroatoms. The summed E-state index contributed by atoms with van der Waals surface area (Å²) in [7, 11) is 0. The normalized spacial score (nSPS) is 23.5. The fourth-order valence-corrected chi connectivity index (χ4v) is 5.00. The number of ether oxygens (including phenoxy) is 2. The van der Waals surface area contributed by atoms with Gasteiger partial charge < -0.3 is 34.3 Å². The van der Waals surface area contributed by atoms with Gasteiger partial charge in [0.15, 0.2) is 11.4 Å². The van der Waals surface area contributed by atoms with Crippen LogP contribution in [0.4, 0.5) is 11.4 Å². The molecule has 8 nitrogen and oxygen atoms in total. The number of aliphatic hydroxyl groups is 2. The summed E-state index contributed by atoms with van der Waals surface area (Å²) in [5.74, 6) is -0.492. The van der Waals surface area contributed by atoms with Crippen LogP contribution >= 0.6 is 0 Å². The number of furan rings is 1.